The lowest BCUT2D eigenvalue weighted by atomic mass is 10.0. The van der Waals surface area contributed by atoms with Crippen molar-refractivity contribution in [1.82, 2.24) is 4.98 Å². The Morgan fingerprint density at radius 3 is 3.00 bits per heavy atom. The second-order valence-electron chi connectivity index (χ2n) is 3.49. The summed E-state index contributed by atoms with van der Waals surface area (Å²) < 4.78 is 0. The van der Waals surface area contributed by atoms with E-state index in [0.717, 1.165) is 15.9 Å². The summed E-state index contributed by atoms with van der Waals surface area (Å²) in [6.07, 6.45) is 2.06. The second-order valence-corrected chi connectivity index (χ2v) is 4.57. The molecule has 0 saturated carbocycles. The van der Waals surface area contributed by atoms with Gasteiger partial charge in [-0.15, -0.1) is 0 Å². The van der Waals surface area contributed by atoms with Crippen LogP contribution in [0.4, 0.5) is 0 Å². The van der Waals surface area contributed by atoms with Crippen LogP contribution in [0.2, 0.25) is 5.02 Å². The zero-order valence-electron chi connectivity index (χ0n) is 7.85. The van der Waals surface area contributed by atoms with Gasteiger partial charge in [0.1, 0.15) is 0 Å². The van der Waals surface area contributed by atoms with Crippen molar-refractivity contribution in [3.63, 3.8) is 0 Å². The molecule has 74 valence electrons. The summed E-state index contributed by atoms with van der Waals surface area (Å²) in [5, 5.41) is 3.02. The van der Waals surface area contributed by atoms with Crippen molar-refractivity contribution in [3.05, 3.63) is 35.0 Å². The van der Waals surface area contributed by atoms with Crippen LogP contribution in [0.25, 0.3) is 10.9 Å². The van der Waals surface area contributed by atoms with Gasteiger partial charge < -0.3 is 4.98 Å². The maximum atomic E-state index is 5.91. The molecular formula is C11H11BrClN. The SMILES string of the molecule is CC(CBr)c1c[nH]c2cc(Cl)ccc12. The summed E-state index contributed by atoms with van der Waals surface area (Å²) in [6.45, 7) is 2.20. The highest BCUT2D eigenvalue weighted by Crippen LogP contribution is 2.28. The Labute approximate surface area is 96.6 Å². The molecule has 1 unspecified atom stereocenters. The van der Waals surface area contributed by atoms with E-state index >= 15 is 0 Å². The van der Waals surface area contributed by atoms with Crippen LogP contribution >= 0.6 is 27.5 Å². The Kier molecular flexibility index (Phi) is 2.84. The number of benzene rings is 1. The van der Waals surface area contributed by atoms with Crippen LogP contribution in [0.15, 0.2) is 24.4 Å². The third-order valence-corrected chi connectivity index (χ3v) is 3.64. The molecule has 2 aromatic rings. The van der Waals surface area contributed by atoms with Crippen molar-refractivity contribution in [1.29, 1.82) is 0 Å². The Morgan fingerprint density at radius 2 is 2.29 bits per heavy atom. The summed E-state index contributed by atoms with van der Waals surface area (Å²) in [4.78, 5) is 3.24. The van der Waals surface area contributed by atoms with E-state index < -0.39 is 0 Å². The van der Waals surface area contributed by atoms with Gasteiger partial charge in [-0.3, -0.25) is 0 Å². The quantitative estimate of drug-likeness (QED) is 0.784. The van der Waals surface area contributed by atoms with E-state index in [1.807, 2.05) is 12.1 Å². The molecule has 1 heterocycles. The minimum Gasteiger partial charge on any atom is -0.361 e. The topological polar surface area (TPSA) is 15.8 Å². The number of aromatic amines is 1. The molecule has 0 spiro atoms. The molecule has 0 aliphatic rings. The predicted octanol–water partition coefficient (Wildman–Crippen LogP) is 4.32. The van der Waals surface area contributed by atoms with Gasteiger partial charge in [-0.25, -0.2) is 0 Å². The number of hydrogen-bond acceptors (Lipinski definition) is 0. The number of halogens is 2. The minimum atomic E-state index is 0.518. The Bertz CT molecular complexity index is 449. The molecule has 1 N–H and O–H groups in total. The van der Waals surface area contributed by atoms with Crippen molar-refractivity contribution in [2.45, 2.75) is 12.8 Å². The van der Waals surface area contributed by atoms with Gasteiger partial charge in [0.25, 0.3) is 0 Å². The number of fused-ring (bicyclic) bond motifs is 1. The van der Waals surface area contributed by atoms with E-state index in [2.05, 4.69) is 40.1 Å². The van der Waals surface area contributed by atoms with Gasteiger partial charge in [0, 0.05) is 27.5 Å². The first-order valence-corrected chi connectivity index (χ1v) is 6.05. The van der Waals surface area contributed by atoms with Crippen LogP contribution in [-0.2, 0) is 0 Å². The highest BCUT2D eigenvalue weighted by molar-refractivity contribution is 9.09. The lowest BCUT2D eigenvalue weighted by Gasteiger charge is -2.05. The van der Waals surface area contributed by atoms with Crippen LogP contribution in [-0.4, -0.2) is 10.3 Å². The fourth-order valence-corrected chi connectivity index (χ4v) is 2.13. The van der Waals surface area contributed by atoms with Crippen LogP contribution in [0.3, 0.4) is 0 Å². The Morgan fingerprint density at radius 1 is 1.50 bits per heavy atom. The van der Waals surface area contributed by atoms with E-state index in [1.54, 1.807) is 0 Å². The third kappa shape index (κ3) is 1.69. The number of rotatable bonds is 2. The fourth-order valence-electron chi connectivity index (χ4n) is 1.61. The van der Waals surface area contributed by atoms with E-state index in [-0.39, 0.29) is 0 Å². The molecule has 0 aliphatic carbocycles. The fraction of sp³-hybridized carbons (Fsp3) is 0.273. The molecule has 0 fully saturated rings. The van der Waals surface area contributed by atoms with Gasteiger partial charge >= 0.3 is 0 Å². The average Bonchev–Trinajstić information content (AvgIpc) is 2.59. The largest absolute Gasteiger partial charge is 0.361 e. The lowest BCUT2D eigenvalue weighted by Crippen LogP contribution is -1.91. The third-order valence-electron chi connectivity index (χ3n) is 2.44. The molecule has 0 aliphatic heterocycles. The number of hydrogen-bond donors (Lipinski definition) is 1. The number of H-pyrrole nitrogens is 1. The summed E-state index contributed by atoms with van der Waals surface area (Å²) >= 11 is 9.41. The Hall–Kier alpha value is -0.470. The van der Waals surface area contributed by atoms with E-state index in [4.69, 9.17) is 11.6 Å². The molecular weight excluding hydrogens is 261 g/mol. The standard InChI is InChI=1S/C11H11BrClN/c1-7(5-12)10-6-14-11-4-8(13)2-3-9(10)11/h2-4,6-7,14H,5H2,1H3. The van der Waals surface area contributed by atoms with Gasteiger partial charge in [0.2, 0.25) is 0 Å². The first-order chi connectivity index (χ1) is 6.72. The van der Waals surface area contributed by atoms with Crippen molar-refractivity contribution in [3.8, 4) is 0 Å². The zero-order chi connectivity index (χ0) is 10.1. The highest BCUT2D eigenvalue weighted by atomic mass is 79.9. The number of nitrogens with one attached hydrogen (secondary N) is 1. The number of aromatic nitrogens is 1. The zero-order valence-corrected chi connectivity index (χ0v) is 10.2. The first kappa shape index (κ1) is 10.1. The van der Waals surface area contributed by atoms with E-state index in [1.165, 1.54) is 10.9 Å². The maximum absolute atomic E-state index is 5.91. The first-order valence-electron chi connectivity index (χ1n) is 4.55. The number of alkyl halides is 1. The average molecular weight is 273 g/mol. The summed E-state index contributed by atoms with van der Waals surface area (Å²) in [5.74, 6) is 0.518. The molecule has 2 rings (SSSR count). The molecule has 0 radical (unpaired) electrons. The van der Waals surface area contributed by atoms with Crippen molar-refractivity contribution < 1.29 is 0 Å². The predicted molar refractivity (Wildman–Crippen MR) is 65.5 cm³/mol. The maximum Gasteiger partial charge on any atom is 0.0471 e. The molecule has 0 amide bonds. The summed E-state index contributed by atoms with van der Waals surface area (Å²) in [5.41, 5.74) is 2.45. The van der Waals surface area contributed by atoms with Gasteiger partial charge in [-0.1, -0.05) is 40.5 Å². The lowest BCUT2D eigenvalue weighted by molar-refractivity contribution is 0.897. The molecule has 3 heteroatoms. The van der Waals surface area contributed by atoms with Crippen molar-refractivity contribution in [2.75, 3.05) is 5.33 Å². The van der Waals surface area contributed by atoms with Gasteiger partial charge in [-0.2, -0.15) is 0 Å². The molecule has 1 atom stereocenters. The van der Waals surface area contributed by atoms with Crippen LogP contribution in [0, 0.1) is 0 Å². The molecule has 1 aromatic heterocycles. The van der Waals surface area contributed by atoms with Crippen LogP contribution < -0.4 is 0 Å². The minimum absolute atomic E-state index is 0.518. The van der Waals surface area contributed by atoms with E-state index in [9.17, 15) is 0 Å². The van der Waals surface area contributed by atoms with Crippen LogP contribution in [0.1, 0.15) is 18.4 Å². The Balaban J connectivity index is 2.58. The molecule has 14 heavy (non-hydrogen) atoms. The summed E-state index contributed by atoms with van der Waals surface area (Å²) in [6, 6.07) is 5.96. The summed E-state index contributed by atoms with van der Waals surface area (Å²) in [7, 11) is 0. The second kappa shape index (κ2) is 3.95. The van der Waals surface area contributed by atoms with E-state index in [0.29, 0.717) is 5.92 Å². The monoisotopic (exact) mass is 271 g/mol. The molecule has 0 saturated heterocycles. The molecule has 0 bridgehead atoms. The highest BCUT2D eigenvalue weighted by Gasteiger charge is 2.09. The van der Waals surface area contributed by atoms with Gasteiger partial charge in [0.15, 0.2) is 0 Å². The molecule has 1 nitrogen and oxygen atoms in total. The van der Waals surface area contributed by atoms with Gasteiger partial charge in [-0.05, 0) is 23.6 Å². The van der Waals surface area contributed by atoms with Crippen molar-refractivity contribution >= 4 is 38.4 Å². The molecule has 1 aromatic carbocycles. The van der Waals surface area contributed by atoms with Crippen LogP contribution in [0.5, 0.6) is 0 Å². The van der Waals surface area contributed by atoms with Crippen molar-refractivity contribution in [2.24, 2.45) is 0 Å². The smallest absolute Gasteiger partial charge is 0.0471 e. The normalized spacial score (nSPS) is 13.4. The van der Waals surface area contributed by atoms with Gasteiger partial charge in [0.05, 0.1) is 0 Å².